The number of nitrogens with two attached hydrogens (primary N) is 1. The van der Waals surface area contributed by atoms with Crippen LogP contribution in [0.3, 0.4) is 0 Å². The van der Waals surface area contributed by atoms with Crippen LogP contribution in [0.1, 0.15) is 58.4 Å². The molecule has 3 N–H and O–H groups in total. The number of para-hydroxylation sites is 1. The van der Waals surface area contributed by atoms with Crippen LogP contribution in [0.2, 0.25) is 15.2 Å². The predicted molar refractivity (Wildman–Crippen MR) is 426 cm³/mol. The van der Waals surface area contributed by atoms with E-state index in [0.717, 1.165) is 76.8 Å². The van der Waals surface area contributed by atoms with Crippen LogP contribution in [-0.2, 0) is 71.2 Å². The molecule has 0 fully saturated rings. The Kier molecular flexibility index (Phi) is 36.3. The van der Waals surface area contributed by atoms with E-state index in [9.17, 15) is 80.1 Å². The summed E-state index contributed by atoms with van der Waals surface area (Å²) in [4.78, 5) is 94.4. The average molecular weight is 1670 g/mol. The molecule has 0 aliphatic heterocycles. The summed E-state index contributed by atoms with van der Waals surface area (Å²) in [5, 5.41) is 51.0. The van der Waals surface area contributed by atoms with Crippen LogP contribution in [0.5, 0.6) is 11.5 Å². The largest absolute Gasteiger partial charge is 0.427 e. The van der Waals surface area contributed by atoms with Crippen molar-refractivity contribution in [1.82, 2.24) is 49.5 Å². The number of esters is 2. The highest BCUT2D eigenvalue weighted by Crippen LogP contribution is 2.22. The number of hydrogen-bond acceptors (Lipinski definition) is 27. The Morgan fingerprint density at radius 2 is 0.903 bits per heavy atom. The van der Waals surface area contributed by atoms with Crippen molar-refractivity contribution >= 4 is 111 Å². The van der Waals surface area contributed by atoms with Crippen LogP contribution in [0.4, 0.5) is 28.4 Å². The molecule has 0 aliphatic rings. The third-order valence-electron chi connectivity index (χ3n) is 14.2. The van der Waals surface area contributed by atoms with Crippen LogP contribution >= 0.6 is 34.8 Å². The second-order valence-electron chi connectivity index (χ2n) is 23.7. The third kappa shape index (κ3) is 36.3. The average Bonchev–Trinajstić information content (AvgIpc) is 1.70. The summed E-state index contributed by atoms with van der Waals surface area (Å²) in [7, 11) is -8.98. The smallest absolute Gasteiger partial charge is 0.311 e. The number of nitro groups is 4. The van der Waals surface area contributed by atoms with Gasteiger partial charge in [0.15, 0.2) is 0 Å². The monoisotopic (exact) mass is 1670 g/mol. The van der Waals surface area contributed by atoms with Crippen LogP contribution in [0, 0.1) is 54.3 Å². The van der Waals surface area contributed by atoms with Gasteiger partial charge in [0.25, 0.3) is 22.7 Å². The molecule has 34 nitrogen and oxygen atoms in total. The number of nitrogens with zero attached hydrogens (tertiary/aromatic N) is 13. The lowest BCUT2D eigenvalue weighted by atomic mass is 10.2. The number of anilines is 1. The standard InChI is InChI=1S/C21H22ClN3O4S.C19H17ClN2O2.C8H10N2O4S.C8H12N2O2S.C7H6N2O2.C5H3ClN2O2.C5H4N2O3/c1-15-12-19(25(24-15)18-5-3-4-16(22)13-18)7-9-21(26)29-20-8-6-17(23-14-20)10-11-30(2,27)28;1-14-12-17(22(21-14)16-7-5-6-15(20)13-16)10-11-19(23)24-18-8-3-2-4-9-18;1-15(13,14)5-4-7-2-3-8(6-9-7)10(11)12;1-13(11,12)5-4-8-3-2-7(9)6-10-8;1-2-6-3-4-7(5-8-6)9(10)11;6-5-2-1-4(3-7-5)8(9)10;8-5-2-1-4(3-6-5)7(9)10/h3-6,8,12-14H,7,9-11H2,1-2H3;2-9,12-13H,10-11H2,1H3;2-3,6H,4-5H2,1H3;2-3,6H,4-5,9H2,1H3;2-5H,1H2;1-3H;1-3H,(H,6,8). The lowest BCUT2D eigenvalue weighted by Crippen LogP contribution is -2.11. The lowest BCUT2D eigenvalue weighted by molar-refractivity contribution is -0.385. The number of sulfone groups is 3. The second-order valence-corrected chi connectivity index (χ2v) is 31.8. The molecule has 0 saturated heterocycles. The molecule has 8 aromatic heterocycles. The van der Waals surface area contributed by atoms with E-state index < -0.39 is 55.2 Å². The summed E-state index contributed by atoms with van der Waals surface area (Å²) in [6, 6.07) is 45.2. The fourth-order valence-corrected chi connectivity index (χ4v) is 11.0. The molecule has 0 atom stereocenters. The van der Waals surface area contributed by atoms with Gasteiger partial charge < -0.3 is 20.2 Å². The van der Waals surface area contributed by atoms with Crippen molar-refractivity contribution in [3.05, 3.63) is 319 Å². The molecule has 0 saturated carbocycles. The maximum Gasteiger partial charge on any atom is 0.311 e. The summed E-state index contributed by atoms with van der Waals surface area (Å²) >= 11 is 17.5. The first-order valence-corrected chi connectivity index (χ1v) is 40.3. The number of pyridine rings is 6. The van der Waals surface area contributed by atoms with Gasteiger partial charge in [0.1, 0.15) is 64.8 Å². The number of hydrogen-bond donors (Lipinski definition) is 2. The van der Waals surface area contributed by atoms with Gasteiger partial charge in [-0.3, -0.25) is 69.8 Å². The normalized spacial score (nSPS) is 10.6. The molecule has 0 spiro atoms. The van der Waals surface area contributed by atoms with E-state index in [1.807, 2.05) is 91.3 Å². The van der Waals surface area contributed by atoms with Crippen molar-refractivity contribution in [1.29, 1.82) is 0 Å². The van der Waals surface area contributed by atoms with Gasteiger partial charge in [-0.15, -0.1) is 0 Å². The number of H-pyrrole nitrogens is 1. The number of benzene rings is 3. The Morgan fingerprint density at radius 1 is 0.487 bits per heavy atom. The fourth-order valence-electron chi connectivity index (χ4n) is 8.80. The topological polar surface area (TPSA) is 487 Å². The van der Waals surface area contributed by atoms with Gasteiger partial charge in [-0.1, -0.05) is 71.7 Å². The molecule has 8 heterocycles. The number of ether oxygens (including phenoxy) is 2. The first kappa shape index (κ1) is 91.2. The molecule has 594 valence electrons. The van der Waals surface area contributed by atoms with E-state index in [4.69, 9.17) is 50.0 Å². The minimum absolute atomic E-state index is 0.00217. The number of aryl methyl sites for hydroxylation is 7. The van der Waals surface area contributed by atoms with Gasteiger partial charge >= 0.3 is 11.9 Å². The zero-order valence-corrected chi connectivity index (χ0v) is 65.6. The summed E-state index contributed by atoms with van der Waals surface area (Å²) in [5.74, 6) is 0.375. The minimum atomic E-state index is -3.05. The summed E-state index contributed by atoms with van der Waals surface area (Å²) in [6.45, 7) is 7.29. The Morgan fingerprint density at radius 3 is 1.27 bits per heavy atom. The Bertz CT molecular complexity index is 5420. The molecule has 3 aromatic carbocycles. The Hall–Kier alpha value is -12.4. The zero-order chi connectivity index (χ0) is 83.4. The molecule has 0 bridgehead atoms. The van der Waals surface area contributed by atoms with Gasteiger partial charge in [-0.2, -0.15) is 10.2 Å². The number of halogens is 3. The van der Waals surface area contributed by atoms with Crippen molar-refractivity contribution in [2.75, 3.05) is 41.8 Å². The van der Waals surface area contributed by atoms with Gasteiger partial charge in [-0.25, -0.2) is 44.6 Å². The second kappa shape index (κ2) is 45.0. The zero-order valence-electron chi connectivity index (χ0n) is 60.9. The van der Waals surface area contributed by atoms with E-state index in [1.165, 1.54) is 67.5 Å². The summed E-state index contributed by atoms with van der Waals surface area (Å²) < 4.78 is 80.0. The van der Waals surface area contributed by atoms with Crippen LogP contribution in [0.25, 0.3) is 17.5 Å². The van der Waals surface area contributed by atoms with E-state index >= 15 is 0 Å². The number of carbonyl (C=O) groups excluding carboxylic acids is 2. The summed E-state index contributed by atoms with van der Waals surface area (Å²) in [5.41, 5.74) is 13.2. The minimum Gasteiger partial charge on any atom is -0.427 e. The van der Waals surface area contributed by atoms with Crippen molar-refractivity contribution in [2.45, 2.75) is 58.8 Å². The van der Waals surface area contributed by atoms with Gasteiger partial charge in [0, 0.05) is 120 Å². The fraction of sp³-hybridized carbons (Fsp3) is 0.205. The Labute approximate surface area is 662 Å². The van der Waals surface area contributed by atoms with Crippen LogP contribution in [0.15, 0.2) is 212 Å². The lowest BCUT2D eigenvalue weighted by Gasteiger charge is -2.08. The first-order chi connectivity index (χ1) is 53.3. The van der Waals surface area contributed by atoms with Crippen molar-refractivity contribution in [3.8, 4) is 22.9 Å². The van der Waals surface area contributed by atoms with Gasteiger partial charge in [-0.05, 0) is 123 Å². The van der Waals surface area contributed by atoms with Crippen molar-refractivity contribution in [2.24, 2.45) is 0 Å². The molecular formula is C73H74Cl3N15O19S3. The number of aromatic nitrogens is 10. The third-order valence-corrected chi connectivity index (χ3v) is 17.8. The molecule has 11 aromatic rings. The van der Waals surface area contributed by atoms with Crippen molar-refractivity contribution < 1.29 is 64.0 Å². The van der Waals surface area contributed by atoms with Crippen LogP contribution in [-0.4, -0.2) is 142 Å². The highest BCUT2D eigenvalue weighted by atomic mass is 35.5. The van der Waals surface area contributed by atoms with Gasteiger partial charge in [0.05, 0.1) is 103 Å². The van der Waals surface area contributed by atoms with Crippen LogP contribution < -0.4 is 20.8 Å². The molecule has 0 radical (unpaired) electrons. The highest BCUT2D eigenvalue weighted by Gasteiger charge is 2.16. The molecule has 11 rings (SSSR count). The predicted octanol–water partition coefficient (Wildman–Crippen LogP) is 12.1. The van der Waals surface area contributed by atoms with Gasteiger partial charge in [0.2, 0.25) is 5.56 Å². The maximum absolute atomic E-state index is 12.3. The molecule has 113 heavy (non-hydrogen) atoms. The van der Waals surface area contributed by atoms with E-state index in [2.05, 4.69) is 46.7 Å². The SMILES string of the molecule is C=Cc1ccc([N+](=O)[O-])cn1.CS(=O)(=O)CCc1ccc(N)cn1.CS(=O)(=O)CCc1ccc([N+](=O)[O-])cn1.Cc1cc(CCC(=O)Oc2ccc(CCS(C)(=O)=O)nc2)n(-c2cccc(Cl)c2)n1.Cc1cc(CCC(=O)Oc2ccccc2)n(-c2cccc(Cl)c2)n1.O=[N+]([O-])c1ccc(Cl)nc1.O=c1ccc([N+](=O)[O-])c[nH]1. The summed E-state index contributed by atoms with van der Waals surface area (Å²) in [6.07, 6.45) is 15.0. The first-order valence-electron chi connectivity index (χ1n) is 33.0. The maximum atomic E-state index is 12.3. The van der Waals surface area contributed by atoms with E-state index in [-0.39, 0.29) is 76.0 Å². The molecule has 0 aliphatic carbocycles. The molecule has 0 amide bonds. The number of nitrogen functional groups attached to an aromatic ring is 1. The number of carbonyl (C=O) groups is 2. The molecule has 40 heteroatoms. The quantitative estimate of drug-likeness (QED) is 0.0186. The number of rotatable bonds is 24. The van der Waals surface area contributed by atoms with Crippen molar-refractivity contribution in [3.63, 3.8) is 0 Å². The highest BCUT2D eigenvalue weighted by molar-refractivity contribution is 7.91. The number of aromatic amines is 1. The molecular weight excluding hydrogens is 1590 g/mol. The number of nitrogens with one attached hydrogen (secondary N) is 1. The Balaban J connectivity index is 0.000000246. The van der Waals surface area contributed by atoms with E-state index in [0.29, 0.717) is 70.0 Å². The molecule has 0 unspecified atom stereocenters. The van der Waals surface area contributed by atoms with E-state index in [1.54, 1.807) is 53.2 Å².